The monoisotopic (exact) mass is 226 g/mol. The van der Waals surface area contributed by atoms with Crippen LogP contribution in [0.3, 0.4) is 0 Å². The minimum Gasteiger partial charge on any atom is -0.317 e. The van der Waals surface area contributed by atoms with E-state index in [0.29, 0.717) is 18.0 Å². The maximum atomic E-state index is 11.7. The largest absolute Gasteiger partial charge is 0.317 e. The molecular formula is C9H11ClN4O. The molecular weight excluding hydrogens is 216 g/mol. The average Bonchev–Trinajstić information content (AvgIpc) is 2.14. The smallest absolute Gasteiger partial charge is 0.246 e. The standard InChI is InChI=1S/C9H11ClN4O/c10-6-2-5-12-8(13-6)14-7(15)9(11)3-1-4-9/h2,5H,1,3-4,11H2,(H,12,13,14,15). The number of carbonyl (C=O) groups excluding carboxylic acids is 1. The minimum atomic E-state index is -0.744. The van der Waals surface area contributed by atoms with Crippen molar-refractivity contribution in [3.8, 4) is 0 Å². The van der Waals surface area contributed by atoms with Gasteiger partial charge in [-0.1, -0.05) is 11.6 Å². The summed E-state index contributed by atoms with van der Waals surface area (Å²) in [6.45, 7) is 0. The second-order valence-electron chi connectivity index (χ2n) is 3.67. The fourth-order valence-electron chi connectivity index (χ4n) is 1.41. The van der Waals surface area contributed by atoms with Crippen molar-refractivity contribution >= 4 is 23.5 Å². The molecule has 1 saturated carbocycles. The molecule has 1 aliphatic rings. The van der Waals surface area contributed by atoms with Gasteiger partial charge in [-0.25, -0.2) is 9.97 Å². The molecule has 0 atom stereocenters. The van der Waals surface area contributed by atoms with E-state index in [9.17, 15) is 4.79 Å². The van der Waals surface area contributed by atoms with E-state index in [1.807, 2.05) is 0 Å². The van der Waals surface area contributed by atoms with Crippen LogP contribution in [0.15, 0.2) is 12.3 Å². The summed E-state index contributed by atoms with van der Waals surface area (Å²) in [5.74, 6) is -0.0414. The van der Waals surface area contributed by atoms with E-state index in [0.717, 1.165) is 6.42 Å². The number of nitrogens with two attached hydrogens (primary N) is 1. The molecule has 1 heterocycles. The van der Waals surface area contributed by atoms with Crippen LogP contribution in [0.4, 0.5) is 5.95 Å². The summed E-state index contributed by atoms with van der Waals surface area (Å²) in [6.07, 6.45) is 3.88. The molecule has 3 N–H and O–H groups in total. The highest BCUT2D eigenvalue weighted by atomic mass is 35.5. The first-order chi connectivity index (χ1) is 7.10. The molecule has 2 rings (SSSR count). The molecule has 1 amide bonds. The van der Waals surface area contributed by atoms with E-state index in [-0.39, 0.29) is 11.9 Å². The number of amides is 1. The van der Waals surface area contributed by atoms with E-state index in [1.165, 1.54) is 6.20 Å². The Morgan fingerprint density at radius 3 is 2.87 bits per heavy atom. The second kappa shape index (κ2) is 3.75. The molecule has 5 nitrogen and oxygen atoms in total. The summed E-state index contributed by atoms with van der Waals surface area (Å²) in [7, 11) is 0. The maximum absolute atomic E-state index is 11.7. The van der Waals surface area contributed by atoms with Gasteiger partial charge in [-0.2, -0.15) is 0 Å². The first-order valence-corrected chi connectivity index (χ1v) is 5.07. The average molecular weight is 227 g/mol. The van der Waals surface area contributed by atoms with Crippen molar-refractivity contribution < 1.29 is 4.79 Å². The predicted octanol–water partition coefficient (Wildman–Crippen LogP) is 0.950. The van der Waals surface area contributed by atoms with Crippen LogP contribution in [-0.4, -0.2) is 21.4 Å². The summed E-state index contributed by atoms with van der Waals surface area (Å²) >= 11 is 5.66. The number of anilines is 1. The van der Waals surface area contributed by atoms with Gasteiger partial charge in [-0.3, -0.25) is 10.1 Å². The topological polar surface area (TPSA) is 80.9 Å². The number of halogens is 1. The molecule has 0 unspecified atom stereocenters. The quantitative estimate of drug-likeness (QED) is 0.736. The number of rotatable bonds is 2. The molecule has 1 aromatic heterocycles. The van der Waals surface area contributed by atoms with Crippen LogP contribution < -0.4 is 11.1 Å². The van der Waals surface area contributed by atoms with Crippen LogP contribution in [0.1, 0.15) is 19.3 Å². The van der Waals surface area contributed by atoms with Gasteiger partial charge in [0.25, 0.3) is 0 Å². The lowest BCUT2D eigenvalue weighted by molar-refractivity contribution is -0.123. The lowest BCUT2D eigenvalue weighted by atomic mass is 9.77. The van der Waals surface area contributed by atoms with Crippen molar-refractivity contribution in [3.05, 3.63) is 17.4 Å². The van der Waals surface area contributed by atoms with Gasteiger partial charge < -0.3 is 5.73 Å². The van der Waals surface area contributed by atoms with Crippen molar-refractivity contribution in [2.45, 2.75) is 24.8 Å². The fraction of sp³-hybridized carbons (Fsp3) is 0.444. The number of hydrogen-bond donors (Lipinski definition) is 2. The van der Waals surface area contributed by atoms with Crippen LogP contribution in [0.5, 0.6) is 0 Å². The van der Waals surface area contributed by atoms with Crippen molar-refractivity contribution in [1.82, 2.24) is 9.97 Å². The molecule has 6 heteroatoms. The third-order valence-corrected chi connectivity index (χ3v) is 2.76. The van der Waals surface area contributed by atoms with Crippen LogP contribution in [-0.2, 0) is 4.79 Å². The lowest BCUT2D eigenvalue weighted by Gasteiger charge is -2.35. The zero-order chi connectivity index (χ0) is 10.9. The Morgan fingerprint density at radius 1 is 1.60 bits per heavy atom. The molecule has 0 saturated heterocycles. The molecule has 0 aliphatic heterocycles. The fourth-order valence-corrected chi connectivity index (χ4v) is 1.54. The first kappa shape index (κ1) is 10.3. The van der Waals surface area contributed by atoms with Gasteiger partial charge in [-0.15, -0.1) is 0 Å². The summed E-state index contributed by atoms with van der Waals surface area (Å²) in [5.41, 5.74) is 5.09. The Bertz CT molecular complexity index is 391. The summed E-state index contributed by atoms with van der Waals surface area (Å²) < 4.78 is 0. The summed E-state index contributed by atoms with van der Waals surface area (Å²) in [4.78, 5) is 19.4. The van der Waals surface area contributed by atoms with Crippen LogP contribution in [0.25, 0.3) is 0 Å². The lowest BCUT2D eigenvalue weighted by Crippen LogP contribution is -2.56. The zero-order valence-electron chi connectivity index (χ0n) is 8.03. The van der Waals surface area contributed by atoms with Crippen molar-refractivity contribution in [1.29, 1.82) is 0 Å². The number of nitrogens with zero attached hydrogens (tertiary/aromatic N) is 2. The molecule has 80 valence electrons. The highest BCUT2D eigenvalue weighted by Gasteiger charge is 2.40. The molecule has 15 heavy (non-hydrogen) atoms. The Kier molecular flexibility index (Phi) is 2.58. The third-order valence-electron chi connectivity index (χ3n) is 2.54. The maximum Gasteiger partial charge on any atom is 0.246 e. The van der Waals surface area contributed by atoms with Crippen molar-refractivity contribution in [2.24, 2.45) is 5.73 Å². The molecule has 0 bridgehead atoms. The number of hydrogen-bond acceptors (Lipinski definition) is 4. The molecule has 0 aromatic carbocycles. The second-order valence-corrected chi connectivity index (χ2v) is 4.05. The third kappa shape index (κ3) is 2.08. The number of carbonyl (C=O) groups is 1. The van der Waals surface area contributed by atoms with Gasteiger partial charge in [-0.05, 0) is 25.3 Å². The van der Waals surface area contributed by atoms with Gasteiger partial charge in [0.15, 0.2) is 0 Å². The van der Waals surface area contributed by atoms with E-state index in [4.69, 9.17) is 17.3 Å². The number of nitrogens with one attached hydrogen (secondary N) is 1. The predicted molar refractivity (Wildman–Crippen MR) is 56.4 cm³/mol. The Labute approximate surface area is 92.0 Å². The van der Waals surface area contributed by atoms with E-state index >= 15 is 0 Å². The SMILES string of the molecule is NC1(C(=O)Nc2nccc(Cl)n2)CCC1. The van der Waals surface area contributed by atoms with Crippen molar-refractivity contribution in [3.63, 3.8) is 0 Å². The van der Waals surface area contributed by atoms with Gasteiger partial charge in [0.1, 0.15) is 5.15 Å². The van der Waals surface area contributed by atoms with Crippen LogP contribution in [0.2, 0.25) is 5.15 Å². The zero-order valence-corrected chi connectivity index (χ0v) is 8.79. The summed E-state index contributed by atoms with van der Waals surface area (Å²) in [6, 6.07) is 1.54. The Morgan fingerprint density at radius 2 is 2.33 bits per heavy atom. The van der Waals surface area contributed by atoms with Crippen LogP contribution >= 0.6 is 11.6 Å². The molecule has 0 radical (unpaired) electrons. The Balaban J connectivity index is 2.06. The van der Waals surface area contributed by atoms with E-state index in [2.05, 4.69) is 15.3 Å². The molecule has 1 aromatic rings. The Hall–Kier alpha value is -1.20. The number of aromatic nitrogens is 2. The van der Waals surface area contributed by atoms with Gasteiger partial charge in [0, 0.05) is 6.20 Å². The minimum absolute atomic E-state index is 0.198. The molecule has 0 spiro atoms. The molecule has 1 fully saturated rings. The van der Waals surface area contributed by atoms with Gasteiger partial charge >= 0.3 is 0 Å². The van der Waals surface area contributed by atoms with Crippen LogP contribution in [0, 0.1) is 0 Å². The van der Waals surface area contributed by atoms with E-state index in [1.54, 1.807) is 6.07 Å². The van der Waals surface area contributed by atoms with E-state index < -0.39 is 5.54 Å². The highest BCUT2D eigenvalue weighted by molar-refractivity contribution is 6.29. The van der Waals surface area contributed by atoms with Gasteiger partial charge in [0.05, 0.1) is 5.54 Å². The normalized spacial score (nSPS) is 18.0. The first-order valence-electron chi connectivity index (χ1n) is 4.69. The summed E-state index contributed by atoms with van der Waals surface area (Å²) in [5, 5.41) is 2.85. The van der Waals surface area contributed by atoms with Crippen molar-refractivity contribution in [2.75, 3.05) is 5.32 Å². The van der Waals surface area contributed by atoms with Gasteiger partial charge in [0.2, 0.25) is 11.9 Å². The highest BCUT2D eigenvalue weighted by Crippen LogP contribution is 2.29. The molecule has 1 aliphatic carbocycles.